The number of carbonyl (C=O) groups excluding carboxylic acids is 2. The summed E-state index contributed by atoms with van der Waals surface area (Å²) >= 11 is 7.44. The molecule has 142 valence electrons. The third kappa shape index (κ3) is 4.79. The molecule has 2 amide bonds. The molecule has 1 aromatic heterocycles. The number of rotatable bonds is 6. The molecule has 0 saturated heterocycles. The van der Waals surface area contributed by atoms with Crippen molar-refractivity contribution >= 4 is 45.8 Å². The number of anilines is 1. The van der Waals surface area contributed by atoms with Gasteiger partial charge in [0.2, 0.25) is 5.91 Å². The fraction of sp³-hybridized carbons (Fsp3) is 0.333. The number of nitrogens with one attached hydrogen (secondary N) is 1. The average Bonchev–Trinajstić information content (AvgIpc) is 2.97. The van der Waals surface area contributed by atoms with Crippen molar-refractivity contribution in [3.8, 4) is 0 Å². The maximum Gasteiger partial charge on any atom is 0.251 e. The summed E-state index contributed by atoms with van der Waals surface area (Å²) in [5, 5.41) is 4.01. The second kappa shape index (κ2) is 8.72. The number of amides is 2. The summed E-state index contributed by atoms with van der Waals surface area (Å²) in [6, 6.07) is 7.24. The van der Waals surface area contributed by atoms with Crippen molar-refractivity contribution in [2.45, 2.75) is 39.0 Å². The molecule has 0 radical (unpaired) electrons. The van der Waals surface area contributed by atoms with Gasteiger partial charge in [-0.05, 0) is 54.5 Å². The SMILES string of the molecule is CCC[C@H]1CCc2c(sc(NC(=O)/C=C/c3cccc(Cl)c3)c2C(N)=O)C1. The average molecular weight is 403 g/mol. The Hall–Kier alpha value is -2.11. The second-order valence-electron chi connectivity index (χ2n) is 6.85. The maximum absolute atomic E-state index is 12.3. The zero-order valence-electron chi connectivity index (χ0n) is 15.3. The van der Waals surface area contributed by atoms with Crippen molar-refractivity contribution in [3.63, 3.8) is 0 Å². The number of primary amides is 1. The van der Waals surface area contributed by atoms with Crippen molar-refractivity contribution in [2.75, 3.05) is 5.32 Å². The van der Waals surface area contributed by atoms with Crippen LogP contribution in [0.25, 0.3) is 6.08 Å². The maximum atomic E-state index is 12.3. The van der Waals surface area contributed by atoms with Crippen LogP contribution in [0.1, 0.15) is 52.5 Å². The van der Waals surface area contributed by atoms with Gasteiger partial charge in [-0.2, -0.15) is 0 Å². The molecule has 1 aliphatic carbocycles. The van der Waals surface area contributed by atoms with E-state index in [4.69, 9.17) is 17.3 Å². The summed E-state index contributed by atoms with van der Waals surface area (Å²) in [6.45, 7) is 2.19. The minimum absolute atomic E-state index is 0.291. The Morgan fingerprint density at radius 2 is 2.22 bits per heavy atom. The highest BCUT2D eigenvalue weighted by Gasteiger charge is 2.28. The van der Waals surface area contributed by atoms with Crippen LogP contribution >= 0.6 is 22.9 Å². The molecule has 0 spiro atoms. The van der Waals surface area contributed by atoms with Gasteiger partial charge in [0.1, 0.15) is 5.00 Å². The Morgan fingerprint density at radius 1 is 1.41 bits per heavy atom. The number of halogens is 1. The van der Waals surface area contributed by atoms with Gasteiger partial charge in [-0.25, -0.2) is 0 Å². The predicted molar refractivity (Wildman–Crippen MR) is 112 cm³/mol. The van der Waals surface area contributed by atoms with Crippen LogP contribution in [0.4, 0.5) is 5.00 Å². The summed E-state index contributed by atoms with van der Waals surface area (Å²) in [6.07, 6.45) is 8.36. The molecule has 1 heterocycles. The smallest absolute Gasteiger partial charge is 0.251 e. The number of fused-ring (bicyclic) bond motifs is 1. The van der Waals surface area contributed by atoms with Crippen LogP contribution in [0.15, 0.2) is 30.3 Å². The minimum atomic E-state index is -0.476. The standard InChI is InChI=1S/C21H23ClN2O2S/c1-2-4-13-7-9-16-17(12-13)27-21(19(16)20(23)26)24-18(25)10-8-14-5-3-6-15(22)11-14/h3,5-6,8,10-11,13H,2,4,7,9,12H2,1H3,(H2,23,26)(H,24,25)/b10-8+/t13-/m0/s1. The fourth-order valence-corrected chi connectivity index (χ4v) is 5.16. The molecule has 0 saturated carbocycles. The Balaban J connectivity index is 1.78. The molecule has 1 atom stereocenters. The second-order valence-corrected chi connectivity index (χ2v) is 8.39. The molecule has 4 nitrogen and oxygen atoms in total. The number of carbonyl (C=O) groups is 2. The number of hydrogen-bond acceptors (Lipinski definition) is 3. The summed E-state index contributed by atoms with van der Waals surface area (Å²) < 4.78 is 0. The van der Waals surface area contributed by atoms with Crippen LogP contribution in [0.2, 0.25) is 5.02 Å². The number of thiophene rings is 1. The molecule has 0 fully saturated rings. The molecule has 3 rings (SSSR count). The number of hydrogen-bond donors (Lipinski definition) is 2. The molecule has 2 aromatic rings. The zero-order valence-corrected chi connectivity index (χ0v) is 16.8. The predicted octanol–water partition coefficient (Wildman–Crippen LogP) is 5.06. The van der Waals surface area contributed by atoms with E-state index < -0.39 is 5.91 Å². The Labute approximate surface area is 168 Å². The molecule has 1 aliphatic rings. The van der Waals surface area contributed by atoms with Crippen molar-refractivity contribution in [1.82, 2.24) is 0 Å². The lowest BCUT2D eigenvalue weighted by Gasteiger charge is -2.21. The van der Waals surface area contributed by atoms with Gasteiger partial charge in [0.15, 0.2) is 0 Å². The molecular weight excluding hydrogens is 380 g/mol. The first-order chi connectivity index (χ1) is 13.0. The van der Waals surface area contributed by atoms with E-state index in [2.05, 4.69) is 12.2 Å². The highest BCUT2D eigenvalue weighted by atomic mass is 35.5. The largest absolute Gasteiger partial charge is 0.365 e. The molecule has 3 N–H and O–H groups in total. The van der Waals surface area contributed by atoms with Gasteiger partial charge >= 0.3 is 0 Å². The molecule has 27 heavy (non-hydrogen) atoms. The van der Waals surface area contributed by atoms with Crippen LogP contribution in [0, 0.1) is 5.92 Å². The van der Waals surface area contributed by atoms with Crippen LogP contribution in [-0.4, -0.2) is 11.8 Å². The van der Waals surface area contributed by atoms with E-state index in [1.54, 1.807) is 18.2 Å². The molecule has 0 bridgehead atoms. The lowest BCUT2D eigenvalue weighted by Crippen LogP contribution is -2.19. The first-order valence-corrected chi connectivity index (χ1v) is 10.4. The van der Waals surface area contributed by atoms with Crippen LogP contribution in [0.3, 0.4) is 0 Å². The molecule has 6 heteroatoms. The highest BCUT2D eigenvalue weighted by Crippen LogP contribution is 2.40. The summed E-state index contributed by atoms with van der Waals surface area (Å²) in [4.78, 5) is 25.5. The molecule has 1 aromatic carbocycles. The zero-order chi connectivity index (χ0) is 19.4. The fourth-order valence-electron chi connectivity index (χ4n) is 3.59. The van der Waals surface area contributed by atoms with Crippen molar-refractivity contribution < 1.29 is 9.59 Å². The lowest BCUT2D eigenvalue weighted by molar-refractivity contribution is -0.111. The third-order valence-corrected chi connectivity index (χ3v) is 6.23. The van der Waals surface area contributed by atoms with E-state index in [9.17, 15) is 9.59 Å². The third-order valence-electron chi connectivity index (χ3n) is 4.82. The van der Waals surface area contributed by atoms with Gasteiger partial charge in [-0.15, -0.1) is 11.3 Å². The Kier molecular flexibility index (Phi) is 6.34. The van der Waals surface area contributed by atoms with E-state index >= 15 is 0 Å². The minimum Gasteiger partial charge on any atom is -0.365 e. The monoisotopic (exact) mass is 402 g/mol. The van der Waals surface area contributed by atoms with E-state index in [1.807, 2.05) is 12.1 Å². The summed E-state index contributed by atoms with van der Waals surface area (Å²) in [5.74, 6) is -0.120. The quantitative estimate of drug-likeness (QED) is 0.663. The van der Waals surface area contributed by atoms with Gasteiger partial charge in [-0.1, -0.05) is 43.5 Å². The van der Waals surface area contributed by atoms with Gasteiger partial charge in [0, 0.05) is 16.0 Å². The Morgan fingerprint density at radius 3 is 2.93 bits per heavy atom. The van der Waals surface area contributed by atoms with E-state index in [1.165, 1.54) is 28.7 Å². The first-order valence-electron chi connectivity index (χ1n) is 9.17. The Bertz CT molecular complexity index is 888. The molecule has 0 aliphatic heterocycles. The summed E-state index contributed by atoms with van der Waals surface area (Å²) in [7, 11) is 0. The van der Waals surface area contributed by atoms with Crippen molar-refractivity contribution in [2.24, 2.45) is 11.7 Å². The molecule has 0 unspecified atom stereocenters. The van der Waals surface area contributed by atoms with E-state index in [0.717, 1.165) is 36.8 Å². The van der Waals surface area contributed by atoms with E-state index in [0.29, 0.717) is 21.5 Å². The van der Waals surface area contributed by atoms with Crippen LogP contribution in [-0.2, 0) is 17.6 Å². The first kappa shape index (κ1) is 19.6. The van der Waals surface area contributed by atoms with Gasteiger partial charge in [0.25, 0.3) is 5.91 Å². The lowest BCUT2D eigenvalue weighted by atomic mass is 9.84. The van der Waals surface area contributed by atoms with Gasteiger partial charge < -0.3 is 11.1 Å². The van der Waals surface area contributed by atoms with Crippen molar-refractivity contribution in [3.05, 3.63) is 56.9 Å². The highest BCUT2D eigenvalue weighted by molar-refractivity contribution is 7.17. The van der Waals surface area contributed by atoms with Gasteiger partial charge in [0.05, 0.1) is 5.56 Å². The topological polar surface area (TPSA) is 72.2 Å². The normalized spacial score (nSPS) is 16.3. The number of nitrogens with two attached hydrogens (primary N) is 1. The van der Waals surface area contributed by atoms with Gasteiger partial charge in [-0.3, -0.25) is 9.59 Å². The number of benzene rings is 1. The summed E-state index contributed by atoms with van der Waals surface area (Å²) in [5.41, 5.74) is 7.95. The van der Waals surface area contributed by atoms with Crippen molar-refractivity contribution in [1.29, 1.82) is 0 Å². The molecular formula is C21H23ClN2O2S. The van der Waals surface area contributed by atoms with E-state index in [-0.39, 0.29) is 5.91 Å². The van der Waals surface area contributed by atoms with Crippen LogP contribution < -0.4 is 11.1 Å². The van der Waals surface area contributed by atoms with Crippen LogP contribution in [0.5, 0.6) is 0 Å².